The van der Waals surface area contributed by atoms with Gasteiger partial charge in [-0.1, -0.05) is 37.3 Å². The third kappa shape index (κ3) is 1.84. The molecule has 62 valence electrons. The fraction of sp³-hybridized carbons (Fsp3) is 0.300. The zero-order valence-electron chi connectivity index (χ0n) is 7.07. The summed E-state index contributed by atoms with van der Waals surface area (Å²) in [6.45, 7) is 1.96. The van der Waals surface area contributed by atoms with E-state index < -0.39 is 6.04 Å². The highest BCUT2D eigenvalue weighted by atomic mass is 14.6. The summed E-state index contributed by atoms with van der Waals surface area (Å²) in [5, 5.41) is 8.59. The molecule has 0 aromatic heterocycles. The minimum absolute atomic E-state index is 0.108. The van der Waals surface area contributed by atoms with E-state index in [0.29, 0.717) is 0 Å². The van der Waals surface area contributed by atoms with Gasteiger partial charge < -0.3 is 5.73 Å². The number of hydrogen-bond donors (Lipinski definition) is 1. The van der Waals surface area contributed by atoms with E-state index in [4.69, 9.17) is 11.0 Å². The molecule has 0 heterocycles. The van der Waals surface area contributed by atoms with E-state index in [-0.39, 0.29) is 5.92 Å². The molecule has 0 saturated carbocycles. The maximum atomic E-state index is 8.59. The Hall–Kier alpha value is -1.33. The van der Waals surface area contributed by atoms with Crippen molar-refractivity contribution in [2.24, 2.45) is 5.73 Å². The third-order valence-electron chi connectivity index (χ3n) is 2.01. The molecule has 1 aromatic rings. The van der Waals surface area contributed by atoms with Crippen molar-refractivity contribution in [1.29, 1.82) is 5.26 Å². The summed E-state index contributed by atoms with van der Waals surface area (Å²) in [4.78, 5) is 0. The van der Waals surface area contributed by atoms with Crippen LogP contribution in [0.15, 0.2) is 30.3 Å². The molecule has 1 rings (SSSR count). The van der Waals surface area contributed by atoms with E-state index >= 15 is 0 Å². The predicted octanol–water partition coefficient (Wildman–Crippen LogP) is 1.64. The van der Waals surface area contributed by atoms with Gasteiger partial charge >= 0.3 is 0 Å². The van der Waals surface area contributed by atoms with Crippen LogP contribution in [0.3, 0.4) is 0 Å². The van der Waals surface area contributed by atoms with Crippen molar-refractivity contribution in [2.45, 2.75) is 18.9 Å². The van der Waals surface area contributed by atoms with Crippen LogP contribution in [0.2, 0.25) is 0 Å². The number of nitrogens with zero attached hydrogens (tertiary/aromatic N) is 1. The quantitative estimate of drug-likeness (QED) is 0.715. The van der Waals surface area contributed by atoms with Crippen LogP contribution in [0.25, 0.3) is 0 Å². The van der Waals surface area contributed by atoms with E-state index in [0.717, 1.165) is 5.56 Å². The lowest BCUT2D eigenvalue weighted by molar-refractivity contribution is 0.674. The Labute approximate surface area is 72.6 Å². The van der Waals surface area contributed by atoms with Gasteiger partial charge in [0.1, 0.15) is 0 Å². The van der Waals surface area contributed by atoms with Crippen LogP contribution in [0, 0.1) is 11.3 Å². The van der Waals surface area contributed by atoms with Crippen molar-refractivity contribution in [3.8, 4) is 6.07 Å². The van der Waals surface area contributed by atoms with Crippen molar-refractivity contribution in [3.05, 3.63) is 35.9 Å². The summed E-state index contributed by atoms with van der Waals surface area (Å²) in [5.41, 5.74) is 6.70. The standard InChI is InChI=1S/C10H12N2/c1-8(10(12)7-11)9-5-3-2-4-6-9/h2-6,8,10H,12H2,1H3. The Bertz CT molecular complexity index is 274. The van der Waals surface area contributed by atoms with E-state index in [1.54, 1.807) is 0 Å². The summed E-state index contributed by atoms with van der Waals surface area (Å²) in [7, 11) is 0. The molecule has 0 bridgehead atoms. The topological polar surface area (TPSA) is 49.8 Å². The van der Waals surface area contributed by atoms with Gasteiger partial charge in [0.2, 0.25) is 0 Å². The van der Waals surface area contributed by atoms with Gasteiger partial charge in [-0.25, -0.2) is 0 Å². The molecule has 2 N–H and O–H groups in total. The third-order valence-corrected chi connectivity index (χ3v) is 2.01. The monoisotopic (exact) mass is 160 g/mol. The Kier molecular flexibility index (Phi) is 2.84. The molecule has 2 unspecified atom stereocenters. The number of nitriles is 1. The molecule has 2 heteroatoms. The first kappa shape index (κ1) is 8.76. The molecule has 0 amide bonds. The van der Waals surface area contributed by atoms with Crippen LogP contribution in [0.5, 0.6) is 0 Å². The lowest BCUT2D eigenvalue weighted by atomic mass is 9.95. The summed E-state index contributed by atoms with van der Waals surface area (Å²) in [5.74, 6) is 0.108. The van der Waals surface area contributed by atoms with Crippen LogP contribution >= 0.6 is 0 Å². The molecule has 2 nitrogen and oxygen atoms in total. The van der Waals surface area contributed by atoms with Crippen molar-refractivity contribution in [1.82, 2.24) is 0 Å². The number of benzene rings is 1. The average Bonchev–Trinajstić information content (AvgIpc) is 2.17. The molecule has 12 heavy (non-hydrogen) atoms. The first-order valence-corrected chi connectivity index (χ1v) is 3.96. The first-order valence-electron chi connectivity index (χ1n) is 3.96. The van der Waals surface area contributed by atoms with Crippen LogP contribution in [0.4, 0.5) is 0 Å². The SMILES string of the molecule is CC(c1ccccc1)C(N)C#N. The van der Waals surface area contributed by atoms with E-state index in [1.807, 2.05) is 43.3 Å². The maximum Gasteiger partial charge on any atom is 0.0994 e. The Morgan fingerprint density at radius 3 is 2.42 bits per heavy atom. The lowest BCUT2D eigenvalue weighted by Crippen LogP contribution is -2.24. The highest BCUT2D eigenvalue weighted by Gasteiger charge is 2.12. The normalized spacial score (nSPS) is 14.8. The van der Waals surface area contributed by atoms with Gasteiger partial charge in [0.15, 0.2) is 0 Å². The summed E-state index contributed by atoms with van der Waals surface area (Å²) in [6.07, 6.45) is 0. The molecule has 0 radical (unpaired) electrons. The zero-order chi connectivity index (χ0) is 8.97. The highest BCUT2D eigenvalue weighted by molar-refractivity contribution is 5.22. The largest absolute Gasteiger partial charge is 0.315 e. The molecule has 1 aromatic carbocycles. The van der Waals surface area contributed by atoms with Gasteiger partial charge in [-0.3, -0.25) is 0 Å². The Morgan fingerprint density at radius 2 is 1.92 bits per heavy atom. The molecular weight excluding hydrogens is 148 g/mol. The second-order valence-electron chi connectivity index (χ2n) is 2.85. The van der Waals surface area contributed by atoms with Crippen LogP contribution in [-0.2, 0) is 0 Å². The van der Waals surface area contributed by atoms with E-state index in [9.17, 15) is 0 Å². The molecule has 0 aliphatic carbocycles. The molecule has 0 aliphatic heterocycles. The second kappa shape index (κ2) is 3.89. The minimum atomic E-state index is -0.410. The number of rotatable bonds is 2. The fourth-order valence-corrected chi connectivity index (χ4v) is 1.08. The molecule has 0 aliphatic rings. The van der Waals surface area contributed by atoms with Crippen molar-refractivity contribution >= 4 is 0 Å². The minimum Gasteiger partial charge on any atom is -0.315 e. The summed E-state index contributed by atoms with van der Waals surface area (Å²) < 4.78 is 0. The van der Waals surface area contributed by atoms with E-state index in [2.05, 4.69) is 0 Å². The summed E-state index contributed by atoms with van der Waals surface area (Å²) in [6, 6.07) is 11.5. The number of hydrogen-bond acceptors (Lipinski definition) is 2. The summed E-state index contributed by atoms with van der Waals surface area (Å²) >= 11 is 0. The zero-order valence-corrected chi connectivity index (χ0v) is 7.07. The predicted molar refractivity (Wildman–Crippen MR) is 48.4 cm³/mol. The van der Waals surface area contributed by atoms with Crippen molar-refractivity contribution in [3.63, 3.8) is 0 Å². The fourth-order valence-electron chi connectivity index (χ4n) is 1.08. The van der Waals surface area contributed by atoms with Crippen molar-refractivity contribution in [2.75, 3.05) is 0 Å². The van der Waals surface area contributed by atoms with Crippen molar-refractivity contribution < 1.29 is 0 Å². The average molecular weight is 160 g/mol. The van der Waals surface area contributed by atoms with Crippen LogP contribution < -0.4 is 5.73 Å². The molecule has 0 saturated heterocycles. The second-order valence-corrected chi connectivity index (χ2v) is 2.85. The number of nitrogens with two attached hydrogens (primary N) is 1. The van der Waals surface area contributed by atoms with Gasteiger partial charge in [-0.2, -0.15) is 5.26 Å². The highest BCUT2D eigenvalue weighted by Crippen LogP contribution is 2.16. The molecular formula is C10H12N2. The van der Waals surface area contributed by atoms with E-state index in [1.165, 1.54) is 0 Å². The van der Waals surface area contributed by atoms with Crippen LogP contribution in [0.1, 0.15) is 18.4 Å². The Morgan fingerprint density at radius 1 is 1.33 bits per heavy atom. The van der Waals surface area contributed by atoms with Gasteiger partial charge in [0.05, 0.1) is 12.1 Å². The van der Waals surface area contributed by atoms with Gasteiger partial charge in [0, 0.05) is 5.92 Å². The molecule has 0 fully saturated rings. The molecule has 0 spiro atoms. The van der Waals surface area contributed by atoms with Gasteiger partial charge in [-0.15, -0.1) is 0 Å². The lowest BCUT2D eigenvalue weighted by Gasteiger charge is -2.12. The van der Waals surface area contributed by atoms with Gasteiger partial charge in [-0.05, 0) is 5.56 Å². The van der Waals surface area contributed by atoms with Gasteiger partial charge in [0.25, 0.3) is 0 Å². The first-order chi connectivity index (χ1) is 5.75. The maximum absolute atomic E-state index is 8.59. The smallest absolute Gasteiger partial charge is 0.0994 e. The van der Waals surface area contributed by atoms with Crippen LogP contribution in [-0.4, -0.2) is 6.04 Å². The Balaban J connectivity index is 2.80. The molecule has 2 atom stereocenters.